The van der Waals surface area contributed by atoms with E-state index in [1.54, 1.807) is 6.92 Å². The van der Waals surface area contributed by atoms with E-state index in [1.807, 2.05) is 0 Å². The SMILES string of the molecule is CC1NC(=O)CN(c2ccc(F)c(Br)c2)C1=O. The van der Waals surface area contributed by atoms with Crippen molar-refractivity contribution in [1.82, 2.24) is 5.32 Å². The molecule has 0 aromatic heterocycles. The van der Waals surface area contributed by atoms with Crippen molar-refractivity contribution >= 4 is 33.4 Å². The van der Waals surface area contributed by atoms with Gasteiger partial charge in [0.25, 0.3) is 0 Å². The van der Waals surface area contributed by atoms with Gasteiger partial charge in [-0.15, -0.1) is 0 Å². The Bertz CT molecular complexity index is 492. The van der Waals surface area contributed by atoms with Gasteiger partial charge < -0.3 is 10.2 Å². The van der Waals surface area contributed by atoms with Crippen molar-refractivity contribution in [3.8, 4) is 0 Å². The van der Waals surface area contributed by atoms with Gasteiger partial charge in [0.05, 0.1) is 4.47 Å². The highest BCUT2D eigenvalue weighted by atomic mass is 79.9. The van der Waals surface area contributed by atoms with E-state index in [0.717, 1.165) is 0 Å². The molecule has 0 saturated carbocycles. The average molecular weight is 301 g/mol. The molecular weight excluding hydrogens is 291 g/mol. The molecule has 1 fully saturated rings. The molecule has 1 unspecified atom stereocenters. The minimum atomic E-state index is -0.555. The first-order valence-electron chi connectivity index (χ1n) is 5.05. The molecule has 1 atom stereocenters. The molecule has 1 N–H and O–H groups in total. The van der Waals surface area contributed by atoms with Crippen molar-refractivity contribution in [3.05, 3.63) is 28.5 Å². The van der Waals surface area contributed by atoms with E-state index >= 15 is 0 Å². The Labute approximate surface area is 106 Å². The summed E-state index contributed by atoms with van der Waals surface area (Å²) in [6, 6.07) is 3.66. The lowest BCUT2D eigenvalue weighted by molar-refractivity contribution is -0.130. The molecule has 2 rings (SSSR count). The first-order chi connectivity index (χ1) is 7.99. The number of carbonyl (C=O) groups excluding carboxylic acids is 2. The summed E-state index contributed by atoms with van der Waals surface area (Å²) in [4.78, 5) is 24.6. The fourth-order valence-corrected chi connectivity index (χ4v) is 2.04. The van der Waals surface area contributed by atoms with Crippen molar-refractivity contribution in [2.75, 3.05) is 11.4 Å². The largest absolute Gasteiger partial charge is 0.343 e. The number of anilines is 1. The van der Waals surface area contributed by atoms with Crippen LogP contribution in [0.5, 0.6) is 0 Å². The summed E-state index contributed by atoms with van der Waals surface area (Å²) in [5.74, 6) is -0.837. The molecular formula is C11H10BrFN2O2. The lowest BCUT2D eigenvalue weighted by Crippen LogP contribution is -2.57. The molecule has 1 aromatic rings. The predicted molar refractivity (Wildman–Crippen MR) is 64.1 cm³/mol. The number of rotatable bonds is 1. The fraction of sp³-hybridized carbons (Fsp3) is 0.273. The zero-order chi connectivity index (χ0) is 12.6. The third kappa shape index (κ3) is 2.31. The summed E-state index contributed by atoms with van der Waals surface area (Å²) in [5.41, 5.74) is 0.505. The predicted octanol–water partition coefficient (Wildman–Crippen LogP) is 1.44. The van der Waals surface area contributed by atoms with E-state index in [2.05, 4.69) is 21.2 Å². The van der Waals surface area contributed by atoms with E-state index in [4.69, 9.17) is 0 Å². The van der Waals surface area contributed by atoms with Crippen LogP contribution in [0.3, 0.4) is 0 Å². The number of hydrogen-bond donors (Lipinski definition) is 1. The molecule has 0 aliphatic carbocycles. The molecule has 1 aliphatic heterocycles. The molecule has 1 aromatic carbocycles. The average Bonchev–Trinajstić information content (AvgIpc) is 2.27. The normalized spacial score (nSPS) is 20.4. The first-order valence-corrected chi connectivity index (χ1v) is 5.84. The maximum absolute atomic E-state index is 13.1. The van der Waals surface area contributed by atoms with Gasteiger partial charge in [-0.1, -0.05) is 0 Å². The number of nitrogens with zero attached hydrogens (tertiary/aromatic N) is 1. The van der Waals surface area contributed by atoms with Gasteiger partial charge in [0.2, 0.25) is 11.8 Å². The van der Waals surface area contributed by atoms with Crippen molar-refractivity contribution in [2.45, 2.75) is 13.0 Å². The number of benzene rings is 1. The molecule has 90 valence electrons. The van der Waals surface area contributed by atoms with Crippen LogP contribution in [-0.4, -0.2) is 24.4 Å². The maximum Gasteiger partial charge on any atom is 0.249 e. The van der Waals surface area contributed by atoms with Crippen molar-refractivity contribution in [2.24, 2.45) is 0 Å². The quantitative estimate of drug-likeness (QED) is 0.853. The lowest BCUT2D eigenvalue weighted by Gasteiger charge is -2.30. The number of hydrogen-bond acceptors (Lipinski definition) is 2. The highest BCUT2D eigenvalue weighted by Gasteiger charge is 2.30. The standard InChI is InChI=1S/C11H10BrFN2O2/c1-6-11(17)15(5-10(16)14-6)7-2-3-9(13)8(12)4-7/h2-4,6H,5H2,1H3,(H,14,16). The van der Waals surface area contributed by atoms with E-state index < -0.39 is 11.9 Å². The van der Waals surface area contributed by atoms with Crippen LogP contribution < -0.4 is 10.2 Å². The fourth-order valence-electron chi connectivity index (χ4n) is 1.68. The Morgan fingerprint density at radius 3 is 2.82 bits per heavy atom. The second-order valence-electron chi connectivity index (χ2n) is 3.81. The summed E-state index contributed by atoms with van der Waals surface area (Å²) in [6.07, 6.45) is 0. The van der Waals surface area contributed by atoms with Crippen LogP contribution in [0.25, 0.3) is 0 Å². The second-order valence-corrected chi connectivity index (χ2v) is 4.67. The molecule has 2 amide bonds. The van der Waals surface area contributed by atoms with E-state index in [-0.39, 0.29) is 22.8 Å². The number of nitrogens with one attached hydrogen (secondary N) is 1. The smallest absolute Gasteiger partial charge is 0.249 e. The summed E-state index contributed by atoms with van der Waals surface area (Å²) in [6.45, 7) is 1.58. The minimum absolute atomic E-state index is 0.0404. The Kier molecular flexibility index (Phi) is 3.15. The van der Waals surface area contributed by atoms with Crippen LogP contribution in [0.1, 0.15) is 6.92 Å². The van der Waals surface area contributed by atoms with Gasteiger partial charge in [-0.2, -0.15) is 0 Å². The summed E-state index contributed by atoms with van der Waals surface area (Å²) in [5, 5.41) is 2.54. The minimum Gasteiger partial charge on any atom is -0.343 e. The first kappa shape index (κ1) is 12.0. The zero-order valence-corrected chi connectivity index (χ0v) is 10.6. The van der Waals surface area contributed by atoms with Gasteiger partial charge in [-0.3, -0.25) is 9.59 Å². The van der Waals surface area contributed by atoms with Gasteiger partial charge in [-0.05, 0) is 41.1 Å². The van der Waals surface area contributed by atoms with Crippen molar-refractivity contribution in [1.29, 1.82) is 0 Å². The maximum atomic E-state index is 13.1. The summed E-state index contributed by atoms with van der Waals surface area (Å²) >= 11 is 3.05. The van der Waals surface area contributed by atoms with Gasteiger partial charge in [-0.25, -0.2) is 4.39 Å². The van der Waals surface area contributed by atoms with Crippen LogP contribution in [0, 0.1) is 5.82 Å². The van der Waals surface area contributed by atoms with Gasteiger partial charge in [0, 0.05) is 5.69 Å². The highest BCUT2D eigenvalue weighted by Crippen LogP contribution is 2.24. The van der Waals surface area contributed by atoms with Crippen LogP contribution in [-0.2, 0) is 9.59 Å². The van der Waals surface area contributed by atoms with Crippen LogP contribution in [0.4, 0.5) is 10.1 Å². The second kappa shape index (κ2) is 4.44. The van der Waals surface area contributed by atoms with Gasteiger partial charge >= 0.3 is 0 Å². The zero-order valence-electron chi connectivity index (χ0n) is 9.04. The van der Waals surface area contributed by atoms with E-state index in [1.165, 1.54) is 23.1 Å². The molecule has 4 nitrogen and oxygen atoms in total. The number of halogens is 2. The summed E-state index contributed by atoms with van der Waals surface area (Å²) in [7, 11) is 0. The van der Waals surface area contributed by atoms with Gasteiger partial charge in [0.1, 0.15) is 18.4 Å². The molecule has 0 radical (unpaired) electrons. The van der Waals surface area contributed by atoms with Crippen LogP contribution in [0.2, 0.25) is 0 Å². The molecule has 1 heterocycles. The third-order valence-electron chi connectivity index (χ3n) is 2.53. The Morgan fingerprint density at radius 1 is 1.47 bits per heavy atom. The molecule has 17 heavy (non-hydrogen) atoms. The molecule has 6 heteroatoms. The lowest BCUT2D eigenvalue weighted by atomic mass is 10.2. The third-order valence-corrected chi connectivity index (χ3v) is 3.14. The Balaban J connectivity index is 2.34. The highest BCUT2D eigenvalue weighted by molar-refractivity contribution is 9.10. The summed E-state index contributed by atoms with van der Waals surface area (Å²) < 4.78 is 13.4. The van der Waals surface area contributed by atoms with Crippen molar-refractivity contribution < 1.29 is 14.0 Å². The molecule has 0 bridgehead atoms. The number of amides is 2. The van der Waals surface area contributed by atoms with E-state index in [0.29, 0.717) is 5.69 Å². The van der Waals surface area contributed by atoms with Crippen LogP contribution in [0.15, 0.2) is 22.7 Å². The molecule has 0 spiro atoms. The number of piperazine rings is 1. The van der Waals surface area contributed by atoms with E-state index in [9.17, 15) is 14.0 Å². The van der Waals surface area contributed by atoms with Gasteiger partial charge in [0.15, 0.2) is 0 Å². The van der Waals surface area contributed by atoms with Crippen molar-refractivity contribution in [3.63, 3.8) is 0 Å². The monoisotopic (exact) mass is 300 g/mol. The molecule has 1 saturated heterocycles. The Morgan fingerprint density at radius 2 is 2.18 bits per heavy atom. The topological polar surface area (TPSA) is 49.4 Å². The van der Waals surface area contributed by atoms with Crippen LogP contribution >= 0.6 is 15.9 Å². The Hall–Kier alpha value is -1.43. The molecule has 1 aliphatic rings. The number of carbonyl (C=O) groups is 2.